The van der Waals surface area contributed by atoms with E-state index < -0.39 is 5.54 Å². The molecule has 1 fully saturated rings. The number of ether oxygens (including phenoxy) is 1. The number of esters is 1. The Bertz CT molecular complexity index is 320. The summed E-state index contributed by atoms with van der Waals surface area (Å²) in [7, 11) is 3.60. The Kier molecular flexibility index (Phi) is 6.46. The van der Waals surface area contributed by atoms with Crippen LogP contribution in [0.3, 0.4) is 0 Å². The van der Waals surface area contributed by atoms with Crippen LogP contribution < -0.4 is 5.32 Å². The molecule has 0 bridgehead atoms. The molecule has 3 unspecified atom stereocenters. The van der Waals surface area contributed by atoms with Gasteiger partial charge in [-0.2, -0.15) is 0 Å². The standard InChI is InChI=1S/C16H32N2O2/c1-12(2)17-16(4,15(19)20-6)11-18(5)14-10-8-7-9-13(14)3/h12-14,17H,7-11H2,1-6H3. The first-order valence-corrected chi connectivity index (χ1v) is 7.86. The minimum atomic E-state index is -0.644. The zero-order valence-electron chi connectivity index (χ0n) is 14.0. The van der Waals surface area contributed by atoms with Crippen LogP contribution in [-0.2, 0) is 9.53 Å². The van der Waals surface area contributed by atoms with E-state index in [0.717, 1.165) is 0 Å². The predicted octanol–water partition coefficient (Wildman–Crippen LogP) is 2.43. The highest BCUT2D eigenvalue weighted by molar-refractivity contribution is 5.80. The van der Waals surface area contributed by atoms with Gasteiger partial charge >= 0.3 is 5.97 Å². The molecule has 0 aliphatic heterocycles. The summed E-state index contributed by atoms with van der Waals surface area (Å²) in [6, 6.07) is 0.818. The number of hydrogen-bond donors (Lipinski definition) is 1. The fraction of sp³-hybridized carbons (Fsp3) is 0.938. The lowest BCUT2D eigenvalue weighted by atomic mass is 9.84. The number of hydrogen-bond acceptors (Lipinski definition) is 4. The van der Waals surface area contributed by atoms with Crippen LogP contribution in [0.5, 0.6) is 0 Å². The van der Waals surface area contributed by atoms with Crippen molar-refractivity contribution in [3.8, 4) is 0 Å². The van der Waals surface area contributed by atoms with Gasteiger partial charge in [0.2, 0.25) is 0 Å². The molecule has 0 aromatic heterocycles. The van der Waals surface area contributed by atoms with Crippen LogP contribution in [0, 0.1) is 5.92 Å². The zero-order chi connectivity index (χ0) is 15.3. The molecule has 0 amide bonds. The summed E-state index contributed by atoms with van der Waals surface area (Å²) in [6.45, 7) is 9.08. The normalized spacial score (nSPS) is 26.6. The van der Waals surface area contributed by atoms with Gasteiger partial charge < -0.3 is 9.64 Å². The number of rotatable bonds is 6. The van der Waals surface area contributed by atoms with Crippen molar-refractivity contribution >= 4 is 5.97 Å². The Balaban J connectivity index is 2.75. The zero-order valence-corrected chi connectivity index (χ0v) is 14.0. The van der Waals surface area contributed by atoms with Gasteiger partial charge in [0.05, 0.1) is 7.11 Å². The van der Waals surface area contributed by atoms with E-state index in [-0.39, 0.29) is 12.0 Å². The predicted molar refractivity (Wildman–Crippen MR) is 82.7 cm³/mol. The lowest BCUT2D eigenvalue weighted by Crippen LogP contribution is -2.60. The van der Waals surface area contributed by atoms with E-state index in [9.17, 15) is 4.79 Å². The molecule has 0 aromatic rings. The van der Waals surface area contributed by atoms with E-state index in [4.69, 9.17) is 4.74 Å². The molecule has 118 valence electrons. The van der Waals surface area contributed by atoms with Crippen LogP contribution >= 0.6 is 0 Å². The van der Waals surface area contributed by atoms with Gasteiger partial charge in [-0.15, -0.1) is 0 Å². The molecule has 1 rings (SSSR count). The second kappa shape index (κ2) is 7.41. The third-order valence-electron chi connectivity index (χ3n) is 4.44. The SMILES string of the molecule is COC(=O)C(C)(CN(C)C1CCCCC1C)NC(C)C. The van der Waals surface area contributed by atoms with Gasteiger partial charge in [-0.05, 0) is 46.6 Å². The quantitative estimate of drug-likeness (QED) is 0.761. The molecule has 0 heterocycles. The van der Waals surface area contributed by atoms with Crippen molar-refractivity contribution in [2.24, 2.45) is 5.92 Å². The highest BCUT2D eigenvalue weighted by Crippen LogP contribution is 2.28. The molecule has 3 atom stereocenters. The molecule has 0 saturated heterocycles. The Hall–Kier alpha value is -0.610. The number of nitrogens with zero attached hydrogens (tertiary/aromatic N) is 1. The largest absolute Gasteiger partial charge is 0.468 e. The van der Waals surface area contributed by atoms with E-state index in [2.05, 4.69) is 38.0 Å². The summed E-state index contributed by atoms with van der Waals surface area (Å²) >= 11 is 0. The van der Waals surface area contributed by atoms with Gasteiger partial charge in [-0.3, -0.25) is 10.1 Å². The summed E-state index contributed by atoms with van der Waals surface area (Å²) in [6.07, 6.45) is 5.16. The number of methoxy groups -OCH3 is 1. The summed E-state index contributed by atoms with van der Waals surface area (Å²) in [5.74, 6) is 0.524. The van der Waals surface area contributed by atoms with Crippen molar-refractivity contribution in [1.82, 2.24) is 10.2 Å². The number of carbonyl (C=O) groups is 1. The maximum atomic E-state index is 12.2. The third-order valence-corrected chi connectivity index (χ3v) is 4.44. The van der Waals surface area contributed by atoms with Gasteiger partial charge in [-0.25, -0.2) is 0 Å². The molecule has 1 N–H and O–H groups in total. The highest BCUT2D eigenvalue weighted by Gasteiger charge is 2.38. The van der Waals surface area contributed by atoms with E-state index in [1.54, 1.807) is 0 Å². The first-order valence-electron chi connectivity index (χ1n) is 7.86. The molecule has 1 saturated carbocycles. The molecule has 0 radical (unpaired) electrons. The summed E-state index contributed by atoms with van der Waals surface area (Å²) in [5, 5.41) is 3.38. The molecule has 20 heavy (non-hydrogen) atoms. The van der Waals surface area contributed by atoms with Crippen LogP contribution in [-0.4, -0.2) is 49.2 Å². The molecule has 0 spiro atoms. The van der Waals surface area contributed by atoms with Crippen molar-refractivity contribution < 1.29 is 9.53 Å². The number of likely N-dealkylation sites (N-methyl/N-ethyl adjacent to an activating group) is 1. The number of carbonyl (C=O) groups excluding carboxylic acids is 1. The minimum absolute atomic E-state index is 0.179. The third kappa shape index (κ3) is 4.45. The van der Waals surface area contributed by atoms with Crippen LogP contribution in [0.1, 0.15) is 53.4 Å². The van der Waals surface area contributed by atoms with E-state index >= 15 is 0 Å². The first kappa shape index (κ1) is 17.4. The van der Waals surface area contributed by atoms with Gasteiger partial charge in [0.15, 0.2) is 0 Å². The lowest BCUT2D eigenvalue weighted by molar-refractivity contribution is -0.149. The first-order chi connectivity index (χ1) is 9.30. The second-order valence-electron chi connectivity index (χ2n) is 6.87. The summed E-state index contributed by atoms with van der Waals surface area (Å²) in [5.41, 5.74) is -0.644. The average Bonchev–Trinajstić information content (AvgIpc) is 2.36. The Labute approximate surface area is 124 Å². The topological polar surface area (TPSA) is 41.6 Å². The van der Waals surface area contributed by atoms with Crippen LogP contribution in [0.15, 0.2) is 0 Å². The average molecular weight is 284 g/mol. The van der Waals surface area contributed by atoms with Gasteiger partial charge in [0.25, 0.3) is 0 Å². The fourth-order valence-electron chi connectivity index (χ4n) is 3.60. The Morgan fingerprint density at radius 2 is 2.00 bits per heavy atom. The monoisotopic (exact) mass is 284 g/mol. The van der Waals surface area contributed by atoms with E-state index in [0.29, 0.717) is 18.5 Å². The van der Waals surface area contributed by atoms with Gasteiger partial charge in [0.1, 0.15) is 5.54 Å². The second-order valence-corrected chi connectivity index (χ2v) is 6.87. The van der Waals surface area contributed by atoms with Crippen molar-refractivity contribution in [2.75, 3.05) is 20.7 Å². The summed E-state index contributed by atoms with van der Waals surface area (Å²) < 4.78 is 5.00. The fourth-order valence-corrected chi connectivity index (χ4v) is 3.60. The van der Waals surface area contributed by atoms with Crippen molar-refractivity contribution in [3.63, 3.8) is 0 Å². The van der Waals surface area contributed by atoms with Crippen molar-refractivity contribution in [2.45, 2.75) is 71.0 Å². The van der Waals surface area contributed by atoms with Crippen LogP contribution in [0.4, 0.5) is 0 Å². The molecule has 1 aliphatic rings. The minimum Gasteiger partial charge on any atom is -0.468 e. The van der Waals surface area contributed by atoms with Gasteiger partial charge in [-0.1, -0.05) is 19.8 Å². The molecular weight excluding hydrogens is 252 g/mol. The maximum absolute atomic E-state index is 12.2. The Morgan fingerprint density at radius 3 is 2.50 bits per heavy atom. The van der Waals surface area contributed by atoms with Gasteiger partial charge in [0, 0.05) is 18.6 Å². The smallest absolute Gasteiger partial charge is 0.327 e. The van der Waals surface area contributed by atoms with E-state index in [1.807, 2.05) is 6.92 Å². The van der Waals surface area contributed by atoms with Crippen LogP contribution in [0.2, 0.25) is 0 Å². The van der Waals surface area contributed by atoms with E-state index in [1.165, 1.54) is 32.8 Å². The maximum Gasteiger partial charge on any atom is 0.327 e. The molecule has 0 aromatic carbocycles. The van der Waals surface area contributed by atoms with Crippen LogP contribution in [0.25, 0.3) is 0 Å². The molecule has 4 heteroatoms. The number of nitrogens with one attached hydrogen (secondary N) is 1. The molecular formula is C16H32N2O2. The lowest BCUT2D eigenvalue weighted by Gasteiger charge is -2.41. The summed E-state index contributed by atoms with van der Waals surface area (Å²) in [4.78, 5) is 14.5. The molecule has 4 nitrogen and oxygen atoms in total. The van der Waals surface area contributed by atoms with Crippen molar-refractivity contribution in [1.29, 1.82) is 0 Å². The highest BCUT2D eigenvalue weighted by atomic mass is 16.5. The Morgan fingerprint density at radius 1 is 1.40 bits per heavy atom. The van der Waals surface area contributed by atoms with Crippen molar-refractivity contribution in [3.05, 3.63) is 0 Å². The molecule has 1 aliphatic carbocycles.